The van der Waals surface area contributed by atoms with Gasteiger partial charge in [-0.15, -0.1) is 11.8 Å². The van der Waals surface area contributed by atoms with Crippen molar-refractivity contribution in [2.45, 2.75) is 17.4 Å². The van der Waals surface area contributed by atoms with Crippen LogP contribution in [0.2, 0.25) is 0 Å². The third-order valence-electron chi connectivity index (χ3n) is 5.51. The van der Waals surface area contributed by atoms with Crippen molar-refractivity contribution >= 4 is 35.2 Å². The van der Waals surface area contributed by atoms with E-state index in [0.717, 1.165) is 21.7 Å². The molecule has 0 spiro atoms. The zero-order valence-electron chi connectivity index (χ0n) is 18.4. The number of ether oxygens (including phenoxy) is 1. The lowest BCUT2D eigenvalue weighted by molar-refractivity contribution is -0.116. The maximum atomic E-state index is 13.0. The van der Waals surface area contributed by atoms with Gasteiger partial charge in [0.2, 0.25) is 5.91 Å². The molecule has 0 saturated heterocycles. The van der Waals surface area contributed by atoms with Crippen LogP contribution in [0.1, 0.15) is 37.9 Å². The van der Waals surface area contributed by atoms with Gasteiger partial charge in [-0.3, -0.25) is 9.59 Å². The molecule has 2 amide bonds. The van der Waals surface area contributed by atoms with E-state index in [1.807, 2.05) is 60.9 Å². The number of hydrogen-bond donors (Lipinski definition) is 1. The molecular formula is C26H24N2O4S. The van der Waals surface area contributed by atoms with Crippen molar-refractivity contribution in [1.82, 2.24) is 4.90 Å². The second-order valence-corrected chi connectivity index (χ2v) is 8.64. The van der Waals surface area contributed by atoms with Crippen molar-refractivity contribution in [3.05, 3.63) is 95.1 Å². The molecule has 0 bridgehead atoms. The van der Waals surface area contributed by atoms with Gasteiger partial charge in [0.15, 0.2) is 0 Å². The average molecular weight is 461 g/mol. The number of cyclic esters (lactones) is 1. The minimum atomic E-state index is -0.399. The molecule has 1 heterocycles. The number of amides is 2. The lowest BCUT2D eigenvalue weighted by Crippen LogP contribution is -2.35. The Bertz CT molecular complexity index is 1200. The molecule has 6 nitrogen and oxygen atoms in total. The molecule has 168 valence electrons. The molecule has 0 aromatic heterocycles. The molecule has 1 aliphatic rings. The highest BCUT2D eigenvalue weighted by Crippen LogP contribution is 2.31. The fourth-order valence-electron chi connectivity index (χ4n) is 3.83. The van der Waals surface area contributed by atoms with E-state index >= 15 is 0 Å². The SMILES string of the molecule is CSc1ccccc1NC(=O)CN(C)C(=O)c1ccc2c(c1)CC(c1ccccc1)OC2=O. The number of carbonyl (C=O) groups excluding carboxylic acids is 3. The Balaban J connectivity index is 1.46. The maximum absolute atomic E-state index is 13.0. The molecule has 3 aromatic carbocycles. The number of likely N-dealkylation sites (N-methyl/N-ethyl adjacent to an activating group) is 1. The third kappa shape index (κ3) is 5.09. The highest BCUT2D eigenvalue weighted by atomic mass is 32.2. The summed E-state index contributed by atoms with van der Waals surface area (Å²) >= 11 is 1.54. The molecule has 7 heteroatoms. The Hall–Kier alpha value is -3.58. The van der Waals surface area contributed by atoms with Crippen LogP contribution in [0.3, 0.4) is 0 Å². The zero-order chi connectivity index (χ0) is 23.4. The minimum Gasteiger partial charge on any atom is -0.454 e. The number of rotatable bonds is 6. The van der Waals surface area contributed by atoms with Crippen LogP contribution in [0.15, 0.2) is 77.7 Å². The first-order valence-corrected chi connectivity index (χ1v) is 11.8. The van der Waals surface area contributed by atoms with Gasteiger partial charge in [0.1, 0.15) is 6.10 Å². The monoisotopic (exact) mass is 460 g/mol. The van der Waals surface area contributed by atoms with Crippen molar-refractivity contribution in [2.75, 3.05) is 25.2 Å². The second kappa shape index (κ2) is 9.92. The normalized spacial score (nSPS) is 14.7. The van der Waals surface area contributed by atoms with E-state index in [9.17, 15) is 14.4 Å². The lowest BCUT2D eigenvalue weighted by Gasteiger charge is -2.26. The molecule has 3 aromatic rings. The van der Waals surface area contributed by atoms with Crippen LogP contribution in [0.4, 0.5) is 5.69 Å². The largest absolute Gasteiger partial charge is 0.454 e. The number of fused-ring (bicyclic) bond motifs is 1. The number of benzene rings is 3. The molecule has 33 heavy (non-hydrogen) atoms. The van der Waals surface area contributed by atoms with Gasteiger partial charge in [0, 0.05) is 23.9 Å². The standard InChI is InChI=1S/C26H24N2O4S/c1-28(16-24(29)27-21-10-6-7-11-23(21)33-2)25(30)18-12-13-20-19(14-18)15-22(32-26(20)31)17-8-4-3-5-9-17/h3-14,22H,15-16H2,1-2H3,(H,27,29). The Kier molecular flexibility index (Phi) is 6.79. The molecule has 1 unspecified atom stereocenters. The van der Waals surface area contributed by atoms with Crippen molar-refractivity contribution in [1.29, 1.82) is 0 Å². The van der Waals surface area contributed by atoms with Gasteiger partial charge in [0.05, 0.1) is 17.8 Å². The maximum Gasteiger partial charge on any atom is 0.339 e. The topological polar surface area (TPSA) is 75.7 Å². The highest BCUT2D eigenvalue weighted by Gasteiger charge is 2.28. The fourth-order valence-corrected chi connectivity index (χ4v) is 4.38. The molecular weight excluding hydrogens is 436 g/mol. The van der Waals surface area contributed by atoms with Gasteiger partial charge < -0.3 is 15.0 Å². The number of thioether (sulfide) groups is 1. The highest BCUT2D eigenvalue weighted by molar-refractivity contribution is 7.98. The number of nitrogens with zero attached hydrogens (tertiary/aromatic N) is 1. The molecule has 0 saturated carbocycles. The van der Waals surface area contributed by atoms with E-state index in [4.69, 9.17) is 4.74 Å². The van der Waals surface area contributed by atoms with E-state index < -0.39 is 12.1 Å². The quantitative estimate of drug-likeness (QED) is 0.431. The van der Waals surface area contributed by atoms with E-state index in [0.29, 0.717) is 17.5 Å². The van der Waals surface area contributed by atoms with Gasteiger partial charge in [-0.1, -0.05) is 42.5 Å². The fraction of sp³-hybridized carbons (Fsp3) is 0.192. The van der Waals surface area contributed by atoms with Gasteiger partial charge in [-0.25, -0.2) is 4.79 Å². The number of para-hydroxylation sites is 1. The average Bonchev–Trinajstić information content (AvgIpc) is 2.84. The van der Waals surface area contributed by atoms with Crippen molar-refractivity contribution in [2.24, 2.45) is 0 Å². The van der Waals surface area contributed by atoms with E-state index in [1.54, 1.807) is 25.2 Å². The van der Waals surface area contributed by atoms with Gasteiger partial charge in [-0.05, 0) is 47.7 Å². The molecule has 4 rings (SSSR count). The molecule has 0 radical (unpaired) electrons. The van der Waals surface area contributed by atoms with E-state index in [2.05, 4.69) is 5.32 Å². The Morgan fingerprint density at radius 3 is 2.55 bits per heavy atom. The van der Waals surface area contributed by atoms with Crippen molar-refractivity contribution in [3.63, 3.8) is 0 Å². The Morgan fingerprint density at radius 1 is 1.06 bits per heavy atom. The van der Waals surface area contributed by atoms with Crippen LogP contribution in [0.25, 0.3) is 0 Å². The van der Waals surface area contributed by atoms with Crippen LogP contribution in [-0.4, -0.2) is 42.5 Å². The van der Waals surface area contributed by atoms with Crippen LogP contribution < -0.4 is 5.32 Å². The van der Waals surface area contributed by atoms with Crippen LogP contribution in [-0.2, 0) is 16.0 Å². The van der Waals surface area contributed by atoms with Gasteiger partial charge >= 0.3 is 5.97 Å². The number of nitrogens with one attached hydrogen (secondary N) is 1. The zero-order valence-corrected chi connectivity index (χ0v) is 19.2. The van der Waals surface area contributed by atoms with E-state index in [-0.39, 0.29) is 18.4 Å². The van der Waals surface area contributed by atoms with Gasteiger partial charge in [-0.2, -0.15) is 0 Å². The summed E-state index contributed by atoms with van der Waals surface area (Å²) in [5, 5.41) is 2.86. The first-order valence-electron chi connectivity index (χ1n) is 10.5. The molecule has 1 N–H and O–H groups in total. The number of hydrogen-bond acceptors (Lipinski definition) is 5. The van der Waals surface area contributed by atoms with Crippen LogP contribution in [0.5, 0.6) is 0 Å². The summed E-state index contributed by atoms with van der Waals surface area (Å²) in [6.07, 6.45) is 2.04. The van der Waals surface area contributed by atoms with Crippen molar-refractivity contribution in [3.8, 4) is 0 Å². The second-order valence-electron chi connectivity index (χ2n) is 7.79. The number of esters is 1. The van der Waals surface area contributed by atoms with Crippen LogP contribution >= 0.6 is 11.8 Å². The van der Waals surface area contributed by atoms with Gasteiger partial charge in [0.25, 0.3) is 5.91 Å². The summed E-state index contributed by atoms with van der Waals surface area (Å²) in [4.78, 5) is 40.3. The van der Waals surface area contributed by atoms with Crippen LogP contribution in [0, 0.1) is 0 Å². The smallest absolute Gasteiger partial charge is 0.339 e. The molecule has 1 aliphatic heterocycles. The predicted molar refractivity (Wildman–Crippen MR) is 129 cm³/mol. The van der Waals surface area contributed by atoms with E-state index in [1.165, 1.54) is 16.7 Å². The molecule has 1 atom stereocenters. The number of carbonyl (C=O) groups is 3. The summed E-state index contributed by atoms with van der Waals surface area (Å²) in [5.74, 6) is -0.969. The third-order valence-corrected chi connectivity index (χ3v) is 6.30. The predicted octanol–water partition coefficient (Wildman–Crippen LogP) is 4.57. The first-order chi connectivity index (χ1) is 16.0. The lowest BCUT2D eigenvalue weighted by atomic mass is 9.93. The molecule has 0 aliphatic carbocycles. The molecule has 0 fully saturated rings. The first kappa shape index (κ1) is 22.6. The summed E-state index contributed by atoms with van der Waals surface area (Å²) in [6.45, 7) is -0.0900. The minimum absolute atomic E-state index is 0.0900. The number of anilines is 1. The summed E-state index contributed by atoms with van der Waals surface area (Å²) in [6, 6.07) is 22.0. The summed E-state index contributed by atoms with van der Waals surface area (Å²) < 4.78 is 5.59. The Labute approximate surface area is 196 Å². The Morgan fingerprint density at radius 2 is 1.79 bits per heavy atom. The van der Waals surface area contributed by atoms with Crippen molar-refractivity contribution < 1.29 is 19.1 Å². The summed E-state index contributed by atoms with van der Waals surface area (Å²) in [5.41, 5.74) is 3.28. The summed E-state index contributed by atoms with van der Waals surface area (Å²) in [7, 11) is 1.59.